The van der Waals surface area contributed by atoms with Gasteiger partial charge in [-0.1, -0.05) is 30.8 Å². The maximum atomic E-state index is 12.4. The number of aromatic nitrogens is 5. The summed E-state index contributed by atoms with van der Waals surface area (Å²) in [6.07, 6.45) is 6.31. The molecule has 2 heterocycles. The SMILES string of the molecule is CCCn1ncnc1-c1ccc(C(=O)NCc2cnc(SC)n2C)cc1. The van der Waals surface area contributed by atoms with Gasteiger partial charge in [-0.15, -0.1) is 0 Å². The number of nitrogens with zero attached hydrogens (tertiary/aromatic N) is 5. The molecule has 2 aromatic heterocycles. The molecule has 0 saturated carbocycles. The third-order valence-electron chi connectivity index (χ3n) is 4.11. The van der Waals surface area contributed by atoms with Crippen LogP contribution in [-0.4, -0.2) is 36.5 Å². The van der Waals surface area contributed by atoms with Crippen molar-refractivity contribution in [3.8, 4) is 11.4 Å². The Morgan fingerprint density at radius 1 is 1.23 bits per heavy atom. The van der Waals surface area contributed by atoms with Crippen molar-refractivity contribution in [1.82, 2.24) is 29.6 Å². The molecule has 0 aliphatic heterocycles. The molecule has 7 nitrogen and oxygen atoms in total. The van der Waals surface area contributed by atoms with Gasteiger partial charge in [-0.3, -0.25) is 4.79 Å². The van der Waals surface area contributed by atoms with Crippen molar-refractivity contribution in [3.05, 3.63) is 48.0 Å². The summed E-state index contributed by atoms with van der Waals surface area (Å²) in [5.41, 5.74) is 2.53. The molecule has 0 aliphatic carbocycles. The summed E-state index contributed by atoms with van der Waals surface area (Å²) in [7, 11) is 1.95. The van der Waals surface area contributed by atoms with Crippen molar-refractivity contribution < 1.29 is 4.79 Å². The molecule has 0 atom stereocenters. The first-order valence-corrected chi connectivity index (χ1v) is 9.67. The molecule has 0 aliphatic rings. The molecule has 0 unspecified atom stereocenters. The number of carbonyl (C=O) groups excluding carboxylic acids is 1. The van der Waals surface area contributed by atoms with Gasteiger partial charge < -0.3 is 9.88 Å². The van der Waals surface area contributed by atoms with Gasteiger partial charge in [0.05, 0.1) is 18.4 Å². The normalized spacial score (nSPS) is 10.9. The van der Waals surface area contributed by atoms with Crippen LogP contribution < -0.4 is 5.32 Å². The summed E-state index contributed by atoms with van der Waals surface area (Å²) < 4.78 is 3.86. The topological polar surface area (TPSA) is 77.6 Å². The highest BCUT2D eigenvalue weighted by Gasteiger charge is 2.11. The fraction of sp³-hybridized carbons (Fsp3) is 0.333. The zero-order valence-electron chi connectivity index (χ0n) is 15.1. The van der Waals surface area contributed by atoms with Crippen LogP contribution in [-0.2, 0) is 20.1 Å². The summed E-state index contributed by atoms with van der Waals surface area (Å²) in [6, 6.07) is 7.43. The van der Waals surface area contributed by atoms with E-state index in [0.29, 0.717) is 12.1 Å². The molecule has 8 heteroatoms. The van der Waals surface area contributed by atoms with Crippen LogP contribution in [0, 0.1) is 0 Å². The molecule has 26 heavy (non-hydrogen) atoms. The maximum absolute atomic E-state index is 12.4. The minimum Gasteiger partial charge on any atom is -0.346 e. The molecule has 3 rings (SSSR count). The maximum Gasteiger partial charge on any atom is 0.251 e. The molecule has 0 spiro atoms. The summed E-state index contributed by atoms with van der Waals surface area (Å²) in [5.74, 6) is 0.705. The Morgan fingerprint density at radius 2 is 2.00 bits per heavy atom. The van der Waals surface area contributed by atoms with Crippen LogP contribution >= 0.6 is 11.8 Å². The van der Waals surface area contributed by atoms with E-state index in [1.165, 1.54) is 0 Å². The number of benzene rings is 1. The van der Waals surface area contributed by atoms with Crippen LogP contribution in [0.4, 0.5) is 0 Å². The minimum atomic E-state index is -0.113. The zero-order valence-corrected chi connectivity index (χ0v) is 16.0. The largest absolute Gasteiger partial charge is 0.346 e. The van der Waals surface area contributed by atoms with E-state index < -0.39 is 0 Å². The van der Waals surface area contributed by atoms with E-state index in [0.717, 1.165) is 35.2 Å². The highest BCUT2D eigenvalue weighted by molar-refractivity contribution is 7.98. The number of carbonyl (C=O) groups is 1. The van der Waals surface area contributed by atoms with Gasteiger partial charge in [-0.05, 0) is 24.8 Å². The van der Waals surface area contributed by atoms with E-state index in [4.69, 9.17) is 0 Å². The molecule has 136 valence electrons. The summed E-state index contributed by atoms with van der Waals surface area (Å²) in [6.45, 7) is 3.36. The van der Waals surface area contributed by atoms with E-state index >= 15 is 0 Å². The Labute approximate surface area is 156 Å². The molecule has 1 N–H and O–H groups in total. The number of aryl methyl sites for hydroxylation is 1. The number of imidazole rings is 1. The van der Waals surface area contributed by atoms with E-state index in [9.17, 15) is 4.79 Å². The highest BCUT2D eigenvalue weighted by Crippen LogP contribution is 2.18. The number of rotatable bonds is 7. The van der Waals surface area contributed by atoms with Crippen molar-refractivity contribution >= 4 is 17.7 Å². The van der Waals surface area contributed by atoms with Crippen molar-refractivity contribution in [3.63, 3.8) is 0 Å². The van der Waals surface area contributed by atoms with Gasteiger partial charge in [0.15, 0.2) is 11.0 Å². The van der Waals surface area contributed by atoms with Gasteiger partial charge in [-0.2, -0.15) is 5.10 Å². The van der Waals surface area contributed by atoms with Crippen LogP contribution in [0.5, 0.6) is 0 Å². The first-order valence-electron chi connectivity index (χ1n) is 8.45. The smallest absolute Gasteiger partial charge is 0.251 e. The van der Waals surface area contributed by atoms with Gasteiger partial charge in [0.1, 0.15) is 6.33 Å². The summed E-state index contributed by atoms with van der Waals surface area (Å²) in [4.78, 5) is 21.0. The monoisotopic (exact) mass is 370 g/mol. The second-order valence-electron chi connectivity index (χ2n) is 5.86. The fourth-order valence-corrected chi connectivity index (χ4v) is 3.24. The van der Waals surface area contributed by atoms with Gasteiger partial charge in [0, 0.05) is 24.7 Å². The second kappa shape index (κ2) is 8.18. The Bertz CT molecular complexity index is 883. The number of hydrogen-bond donors (Lipinski definition) is 1. The average Bonchev–Trinajstić information content (AvgIpc) is 3.26. The van der Waals surface area contributed by atoms with Gasteiger partial charge >= 0.3 is 0 Å². The first kappa shape index (κ1) is 18.2. The molecule has 0 bridgehead atoms. The van der Waals surface area contributed by atoms with Gasteiger partial charge in [0.25, 0.3) is 5.91 Å². The molecule has 0 saturated heterocycles. The molecular weight excluding hydrogens is 348 g/mol. The van der Waals surface area contributed by atoms with Crippen LogP contribution in [0.3, 0.4) is 0 Å². The van der Waals surface area contributed by atoms with Crippen molar-refractivity contribution in [1.29, 1.82) is 0 Å². The predicted octanol–water partition coefficient (Wildman–Crippen LogP) is 2.74. The summed E-state index contributed by atoms with van der Waals surface area (Å²) in [5, 5.41) is 8.10. The van der Waals surface area contributed by atoms with Crippen molar-refractivity contribution in [2.75, 3.05) is 6.26 Å². The Morgan fingerprint density at radius 3 is 2.65 bits per heavy atom. The van der Waals surface area contributed by atoms with Crippen LogP contribution in [0.2, 0.25) is 0 Å². The van der Waals surface area contributed by atoms with Crippen molar-refractivity contribution in [2.45, 2.75) is 31.6 Å². The lowest BCUT2D eigenvalue weighted by Crippen LogP contribution is -2.23. The molecule has 0 radical (unpaired) electrons. The molecule has 1 amide bonds. The van der Waals surface area contributed by atoms with E-state index in [-0.39, 0.29) is 5.91 Å². The lowest BCUT2D eigenvalue weighted by molar-refractivity contribution is 0.0950. The number of thioether (sulfide) groups is 1. The Balaban J connectivity index is 1.67. The number of hydrogen-bond acceptors (Lipinski definition) is 5. The third-order valence-corrected chi connectivity index (χ3v) is 4.86. The van der Waals surface area contributed by atoms with Gasteiger partial charge in [0.2, 0.25) is 0 Å². The fourth-order valence-electron chi connectivity index (χ4n) is 2.69. The number of nitrogens with one attached hydrogen (secondary N) is 1. The lowest BCUT2D eigenvalue weighted by Gasteiger charge is -2.08. The van der Waals surface area contributed by atoms with E-state index in [1.807, 2.05) is 46.8 Å². The first-order chi connectivity index (χ1) is 12.6. The minimum absolute atomic E-state index is 0.113. The zero-order chi connectivity index (χ0) is 18.5. The standard InChI is InChI=1S/C18H22N6OS/c1-4-9-24-16(21-12-22-24)13-5-7-14(8-6-13)17(25)19-10-15-11-20-18(26-3)23(15)2/h5-8,11-12H,4,9-10H2,1-3H3,(H,19,25). The molecule has 1 aromatic carbocycles. The van der Waals surface area contributed by atoms with Crippen molar-refractivity contribution in [2.24, 2.45) is 7.05 Å². The predicted molar refractivity (Wildman–Crippen MR) is 102 cm³/mol. The average molecular weight is 370 g/mol. The quantitative estimate of drug-likeness (QED) is 0.647. The number of amides is 1. The van der Waals surface area contributed by atoms with Crippen LogP contribution in [0.15, 0.2) is 41.9 Å². The summed E-state index contributed by atoms with van der Waals surface area (Å²) >= 11 is 1.58. The van der Waals surface area contributed by atoms with Crippen LogP contribution in [0.25, 0.3) is 11.4 Å². The Kier molecular flexibility index (Phi) is 5.72. The Hall–Kier alpha value is -2.61. The molecule has 3 aromatic rings. The second-order valence-corrected chi connectivity index (χ2v) is 6.64. The highest BCUT2D eigenvalue weighted by atomic mass is 32.2. The molecule has 0 fully saturated rings. The van der Waals surface area contributed by atoms with E-state index in [1.54, 1.807) is 24.3 Å². The van der Waals surface area contributed by atoms with E-state index in [2.05, 4.69) is 27.3 Å². The lowest BCUT2D eigenvalue weighted by atomic mass is 10.1. The molecular formula is C18H22N6OS. The van der Waals surface area contributed by atoms with Crippen LogP contribution in [0.1, 0.15) is 29.4 Å². The third kappa shape index (κ3) is 3.80. The van der Waals surface area contributed by atoms with Gasteiger partial charge in [-0.25, -0.2) is 14.6 Å².